The van der Waals surface area contributed by atoms with Crippen LogP contribution in [0.4, 0.5) is 0 Å². The number of Topliss-reactive ketones (excluding diaryl/α,β-unsaturated/α-hetero) is 1. The van der Waals surface area contributed by atoms with Crippen LogP contribution in [0.3, 0.4) is 0 Å². The summed E-state index contributed by atoms with van der Waals surface area (Å²) in [5.41, 5.74) is 1.36. The zero-order valence-electron chi connectivity index (χ0n) is 10.8. The lowest BCUT2D eigenvalue weighted by atomic mass is 9.71. The molecule has 2 aliphatic carbocycles. The highest BCUT2D eigenvalue weighted by molar-refractivity contribution is 5.79. The molecule has 0 aliphatic heterocycles. The lowest BCUT2D eigenvalue weighted by Gasteiger charge is -2.34. The number of carbonyl (C=O) groups excluding carboxylic acids is 1. The molecule has 0 amide bonds. The Labute approximate surface area is 99.3 Å². The number of hydrogen-bond acceptors (Lipinski definition) is 1. The summed E-state index contributed by atoms with van der Waals surface area (Å²) < 4.78 is 0. The average molecular weight is 220 g/mol. The predicted octanol–water partition coefficient (Wildman–Crippen LogP) is 3.84. The Morgan fingerprint density at radius 2 is 2.12 bits per heavy atom. The van der Waals surface area contributed by atoms with E-state index in [1.807, 2.05) is 0 Å². The Morgan fingerprint density at radius 3 is 2.69 bits per heavy atom. The molecule has 16 heavy (non-hydrogen) atoms. The zero-order valence-corrected chi connectivity index (χ0v) is 10.8. The van der Waals surface area contributed by atoms with E-state index in [4.69, 9.17) is 0 Å². The molecule has 4 atom stereocenters. The summed E-state index contributed by atoms with van der Waals surface area (Å²) in [7, 11) is 0. The largest absolute Gasteiger partial charge is 0.300 e. The molecule has 2 fully saturated rings. The van der Waals surface area contributed by atoms with Crippen LogP contribution in [0, 0.1) is 29.6 Å². The van der Waals surface area contributed by atoms with Gasteiger partial charge >= 0.3 is 0 Å². The fraction of sp³-hybridized carbons (Fsp3) is 0.800. The van der Waals surface area contributed by atoms with Gasteiger partial charge in [0.2, 0.25) is 0 Å². The van der Waals surface area contributed by atoms with Gasteiger partial charge in [-0.05, 0) is 56.3 Å². The van der Waals surface area contributed by atoms with E-state index >= 15 is 0 Å². The molecule has 0 heterocycles. The molecule has 0 aromatic carbocycles. The minimum absolute atomic E-state index is 0.283. The highest BCUT2D eigenvalue weighted by atomic mass is 16.1. The molecule has 0 bridgehead atoms. The molecular formula is C15H24O. The van der Waals surface area contributed by atoms with Gasteiger partial charge in [0, 0.05) is 5.92 Å². The van der Waals surface area contributed by atoms with Crippen LogP contribution in [0.2, 0.25) is 0 Å². The maximum absolute atomic E-state index is 11.8. The lowest BCUT2D eigenvalue weighted by molar-refractivity contribution is -0.121. The van der Waals surface area contributed by atoms with E-state index in [0.717, 1.165) is 24.7 Å². The third-order valence-electron chi connectivity index (χ3n) is 4.86. The second-order valence-electron chi connectivity index (χ2n) is 6.10. The van der Waals surface area contributed by atoms with E-state index in [-0.39, 0.29) is 5.92 Å². The Kier molecular flexibility index (Phi) is 3.23. The van der Waals surface area contributed by atoms with Crippen LogP contribution in [0.25, 0.3) is 0 Å². The average Bonchev–Trinajstić information content (AvgIpc) is 2.58. The Balaban J connectivity index is 2.26. The molecule has 0 spiro atoms. The Bertz CT molecular complexity index is 303. The molecule has 0 unspecified atom stereocenters. The second-order valence-corrected chi connectivity index (χ2v) is 6.10. The monoisotopic (exact) mass is 220 g/mol. The molecule has 2 rings (SSSR count). The SMILES string of the molecule is C=C1CCC[C@H]2[C@@H]1[C@H](C(C)=O)C[C@H]2C(C)C. The number of carbonyl (C=O) groups is 1. The third-order valence-corrected chi connectivity index (χ3v) is 4.86. The third kappa shape index (κ3) is 1.85. The van der Waals surface area contributed by atoms with Gasteiger partial charge in [-0.25, -0.2) is 0 Å². The van der Waals surface area contributed by atoms with Crippen LogP contribution in [0.5, 0.6) is 0 Å². The van der Waals surface area contributed by atoms with Crippen LogP contribution in [-0.4, -0.2) is 5.78 Å². The maximum atomic E-state index is 11.8. The quantitative estimate of drug-likeness (QED) is 0.646. The number of ketones is 1. The van der Waals surface area contributed by atoms with Crippen molar-refractivity contribution in [2.75, 3.05) is 0 Å². The van der Waals surface area contributed by atoms with Crippen LogP contribution >= 0.6 is 0 Å². The maximum Gasteiger partial charge on any atom is 0.133 e. The van der Waals surface area contributed by atoms with E-state index in [1.165, 1.54) is 18.4 Å². The smallest absolute Gasteiger partial charge is 0.133 e. The first-order valence-corrected chi connectivity index (χ1v) is 6.70. The van der Waals surface area contributed by atoms with Gasteiger partial charge in [-0.1, -0.05) is 26.0 Å². The van der Waals surface area contributed by atoms with Crippen molar-refractivity contribution in [2.24, 2.45) is 29.6 Å². The van der Waals surface area contributed by atoms with Gasteiger partial charge in [0.05, 0.1) is 0 Å². The topological polar surface area (TPSA) is 17.1 Å². The minimum Gasteiger partial charge on any atom is -0.300 e. The van der Waals surface area contributed by atoms with Gasteiger partial charge in [-0.2, -0.15) is 0 Å². The van der Waals surface area contributed by atoms with Crippen LogP contribution in [0.1, 0.15) is 46.5 Å². The summed E-state index contributed by atoms with van der Waals surface area (Å²) in [6.45, 7) is 10.6. The summed E-state index contributed by atoms with van der Waals surface area (Å²) in [6, 6.07) is 0. The zero-order chi connectivity index (χ0) is 11.9. The van der Waals surface area contributed by atoms with Gasteiger partial charge in [0.25, 0.3) is 0 Å². The van der Waals surface area contributed by atoms with Crippen molar-refractivity contribution in [3.63, 3.8) is 0 Å². The van der Waals surface area contributed by atoms with Crippen molar-refractivity contribution in [3.8, 4) is 0 Å². The van der Waals surface area contributed by atoms with E-state index < -0.39 is 0 Å². The van der Waals surface area contributed by atoms with Crippen LogP contribution < -0.4 is 0 Å². The first-order chi connectivity index (χ1) is 7.52. The molecule has 0 N–H and O–H groups in total. The summed E-state index contributed by atoms with van der Waals surface area (Å²) in [6.07, 6.45) is 4.86. The molecule has 1 heteroatoms. The van der Waals surface area contributed by atoms with Crippen molar-refractivity contribution < 1.29 is 4.79 Å². The molecular weight excluding hydrogens is 196 g/mol. The van der Waals surface area contributed by atoms with Crippen molar-refractivity contribution >= 4 is 5.78 Å². The number of rotatable bonds is 2. The van der Waals surface area contributed by atoms with E-state index in [9.17, 15) is 4.79 Å². The van der Waals surface area contributed by atoms with E-state index in [1.54, 1.807) is 6.92 Å². The standard InChI is InChI=1S/C15H24O/c1-9(2)13-8-14(11(4)16)15-10(3)6-5-7-12(13)15/h9,12-15H,3,5-8H2,1-2,4H3/t12-,13+,14+,15-/m1/s1. The van der Waals surface area contributed by atoms with Gasteiger partial charge in [0.1, 0.15) is 5.78 Å². The molecule has 90 valence electrons. The van der Waals surface area contributed by atoms with Gasteiger partial charge in [-0.3, -0.25) is 4.79 Å². The summed E-state index contributed by atoms with van der Waals surface area (Å²) in [5.74, 6) is 3.39. The molecule has 0 aromatic rings. The highest BCUT2D eigenvalue weighted by Crippen LogP contribution is 2.53. The minimum atomic E-state index is 0.283. The van der Waals surface area contributed by atoms with Gasteiger partial charge < -0.3 is 0 Å². The highest BCUT2D eigenvalue weighted by Gasteiger charge is 2.47. The fourth-order valence-electron chi connectivity index (χ4n) is 4.08. The normalized spacial score (nSPS) is 38.9. The molecule has 0 radical (unpaired) electrons. The molecule has 2 saturated carbocycles. The number of fused-ring (bicyclic) bond motifs is 1. The van der Waals surface area contributed by atoms with Gasteiger partial charge in [-0.15, -0.1) is 0 Å². The van der Waals surface area contributed by atoms with E-state index in [0.29, 0.717) is 17.6 Å². The van der Waals surface area contributed by atoms with Gasteiger partial charge in [0.15, 0.2) is 0 Å². The van der Waals surface area contributed by atoms with Crippen molar-refractivity contribution in [1.82, 2.24) is 0 Å². The second kappa shape index (κ2) is 4.35. The first kappa shape index (κ1) is 11.9. The predicted molar refractivity (Wildman–Crippen MR) is 67.1 cm³/mol. The summed E-state index contributed by atoms with van der Waals surface area (Å²) in [5, 5.41) is 0. The summed E-state index contributed by atoms with van der Waals surface area (Å²) in [4.78, 5) is 11.8. The molecule has 0 saturated heterocycles. The Morgan fingerprint density at radius 1 is 1.44 bits per heavy atom. The van der Waals surface area contributed by atoms with Crippen LogP contribution in [0.15, 0.2) is 12.2 Å². The van der Waals surface area contributed by atoms with E-state index in [2.05, 4.69) is 20.4 Å². The molecule has 2 aliphatic rings. The van der Waals surface area contributed by atoms with Crippen molar-refractivity contribution in [2.45, 2.75) is 46.5 Å². The number of hydrogen-bond donors (Lipinski definition) is 0. The number of allylic oxidation sites excluding steroid dienone is 1. The van der Waals surface area contributed by atoms with Crippen LogP contribution in [-0.2, 0) is 4.79 Å². The fourth-order valence-corrected chi connectivity index (χ4v) is 4.08. The van der Waals surface area contributed by atoms with Crippen molar-refractivity contribution in [3.05, 3.63) is 12.2 Å². The lowest BCUT2D eigenvalue weighted by Crippen LogP contribution is -2.27. The summed E-state index contributed by atoms with van der Waals surface area (Å²) >= 11 is 0. The first-order valence-electron chi connectivity index (χ1n) is 6.70. The molecule has 0 aromatic heterocycles. The molecule has 1 nitrogen and oxygen atoms in total. The van der Waals surface area contributed by atoms with Crippen molar-refractivity contribution in [1.29, 1.82) is 0 Å². The Hall–Kier alpha value is -0.590.